The van der Waals surface area contributed by atoms with Crippen LogP contribution in [-0.2, 0) is 0 Å². The second-order valence-electron chi connectivity index (χ2n) is 4.45. The predicted molar refractivity (Wildman–Crippen MR) is 42.3 cm³/mol. The van der Waals surface area contributed by atoms with Crippen molar-refractivity contribution in [3.05, 3.63) is 0 Å². The van der Waals surface area contributed by atoms with E-state index in [1.165, 1.54) is 32.2 Å². The van der Waals surface area contributed by atoms with E-state index in [1.54, 1.807) is 0 Å². The van der Waals surface area contributed by atoms with Crippen LogP contribution in [0, 0.1) is 5.92 Å². The third-order valence-corrected chi connectivity index (χ3v) is 3.87. The van der Waals surface area contributed by atoms with Gasteiger partial charge in [0.15, 0.2) is 0 Å². The summed E-state index contributed by atoms with van der Waals surface area (Å²) in [4.78, 5) is 2.58. The number of piperidine rings is 1. The third kappa shape index (κ3) is 0.651. The highest BCUT2D eigenvalue weighted by molar-refractivity contribution is 5.15. The van der Waals surface area contributed by atoms with Gasteiger partial charge in [0.05, 0.1) is 6.61 Å². The van der Waals surface area contributed by atoms with Gasteiger partial charge in [-0.05, 0) is 38.1 Å². The Morgan fingerprint density at radius 2 is 2.45 bits per heavy atom. The van der Waals surface area contributed by atoms with E-state index in [1.807, 2.05) is 0 Å². The van der Waals surface area contributed by atoms with E-state index in [0.29, 0.717) is 6.61 Å². The summed E-state index contributed by atoms with van der Waals surface area (Å²) in [5, 5.41) is 9.32. The first-order chi connectivity index (χ1) is 5.36. The zero-order chi connectivity index (χ0) is 7.47. The number of hydrogen-bond acceptors (Lipinski definition) is 2. The molecule has 0 aromatic carbocycles. The molecule has 0 aromatic heterocycles. The maximum Gasteiger partial charge on any atom is 0.0615 e. The molecule has 2 heterocycles. The van der Waals surface area contributed by atoms with Crippen molar-refractivity contribution in [3.8, 4) is 0 Å². The SMILES string of the molecule is OCC12CCCN1[C@@H]1C[C@@H]1C2. The fraction of sp³-hybridized carbons (Fsp3) is 1.00. The van der Waals surface area contributed by atoms with Gasteiger partial charge in [0, 0.05) is 11.6 Å². The normalized spacial score (nSPS) is 54.3. The Balaban J connectivity index is 1.91. The number of nitrogens with zero attached hydrogens (tertiary/aromatic N) is 1. The standard InChI is InChI=1S/C9H15NO/c11-6-9-2-1-3-10(9)8-4-7(8)5-9/h7-8,11H,1-6H2/t7-,8-,9?/m1/s1. The molecule has 2 nitrogen and oxygen atoms in total. The number of hydrogen-bond donors (Lipinski definition) is 1. The van der Waals surface area contributed by atoms with Crippen molar-refractivity contribution in [2.24, 2.45) is 5.92 Å². The van der Waals surface area contributed by atoms with E-state index in [9.17, 15) is 5.11 Å². The van der Waals surface area contributed by atoms with Crippen molar-refractivity contribution >= 4 is 0 Å². The molecule has 2 heteroatoms. The molecular weight excluding hydrogens is 138 g/mol. The molecule has 11 heavy (non-hydrogen) atoms. The van der Waals surface area contributed by atoms with Gasteiger partial charge in [0.2, 0.25) is 0 Å². The summed E-state index contributed by atoms with van der Waals surface area (Å²) in [5.74, 6) is 0.961. The molecule has 62 valence electrons. The van der Waals surface area contributed by atoms with Crippen LogP contribution in [0.1, 0.15) is 25.7 Å². The van der Waals surface area contributed by atoms with Crippen molar-refractivity contribution in [1.82, 2.24) is 4.90 Å². The average Bonchev–Trinajstić information content (AvgIpc) is 2.55. The van der Waals surface area contributed by atoms with Gasteiger partial charge in [-0.15, -0.1) is 0 Å². The molecule has 1 aliphatic carbocycles. The van der Waals surface area contributed by atoms with Crippen molar-refractivity contribution in [2.45, 2.75) is 37.3 Å². The first-order valence-corrected chi connectivity index (χ1v) is 4.73. The highest BCUT2D eigenvalue weighted by Gasteiger charge is 2.60. The summed E-state index contributed by atoms with van der Waals surface area (Å²) in [6.07, 6.45) is 5.26. The van der Waals surface area contributed by atoms with Gasteiger partial charge in [0.25, 0.3) is 0 Å². The highest BCUT2D eigenvalue weighted by atomic mass is 16.3. The molecule has 1 saturated carbocycles. The van der Waals surface area contributed by atoms with Crippen LogP contribution in [0.5, 0.6) is 0 Å². The second-order valence-corrected chi connectivity index (χ2v) is 4.45. The van der Waals surface area contributed by atoms with Crippen LogP contribution < -0.4 is 0 Å². The number of aliphatic hydroxyl groups is 1. The van der Waals surface area contributed by atoms with Crippen molar-refractivity contribution in [1.29, 1.82) is 0 Å². The monoisotopic (exact) mass is 153 g/mol. The van der Waals surface area contributed by atoms with Crippen LogP contribution in [0.25, 0.3) is 0 Å². The molecule has 3 fully saturated rings. The van der Waals surface area contributed by atoms with Crippen LogP contribution in [-0.4, -0.2) is 34.7 Å². The van der Waals surface area contributed by atoms with E-state index in [-0.39, 0.29) is 5.54 Å². The number of fused-ring (bicyclic) bond motifs is 3. The van der Waals surface area contributed by atoms with E-state index >= 15 is 0 Å². The fourth-order valence-corrected chi connectivity index (χ4v) is 3.25. The molecule has 0 spiro atoms. The van der Waals surface area contributed by atoms with Gasteiger partial charge < -0.3 is 5.11 Å². The van der Waals surface area contributed by atoms with Crippen molar-refractivity contribution in [2.75, 3.05) is 13.2 Å². The van der Waals surface area contributed by atoms with Crippen molar-refractivity contribution in [3.63, 3.8) is 0 Å². The molecule has 2 saturated heterocycles. The molecule has 3 rings (SSSR count). The Labute approximate surface area is 67.2 Å². The summed E-state index contributed by atoms with van der Waals surface area (Å²) < 4.78 is 0. The lowest BCUT2D eigenvalue weighted by Crippen LogP contribution is -2.44. The summed E-state index contributed by atoms with van der Waals surface area (Å²) in [6.45, 7) is 1.65. The summed E-state index contributed by atoms with van der Waals surface area (Å²) in [5.41, 5.74) is 0.258. The van der Waals surface area contributed by atoms with E-state index in [0.717, 1.165) is 12.0 Å². The Morgan fingerprint density at radius 1 is 1.55 bits per heavy atom. The molecule has 0 aromatic rings. The maximum atomic E-state index is 9.32. The lowest BCUT2D eigenvalue weighted by molar-refractivity contribution is 0.0794. The number of aliphatic hydroxyl groups excluding tert-OH is 1. The zero-order valence-corrected chi connectivity index (χ0v) is 6.79. The van der Waals surface area contributed by atoms with Crippen LogP contribution >= 0.6 is 0 Å². The van der Waals surface area contributed by atoms with Crippen LogP contribution in [0.2, 0.25) is 0 Å². The van der Waals surface area contributed by atoms with Crippen LogP contribution in [0.15, 0.2) is 0 Å². The Bertz CT molecular complexity index is 194. The Hall–Kier alpha value is -0.0800. The van der Waals surface area contributed by atoms with Gasteiger partial charge in [-0.1, -0.05) is 0 Å². The molecule has 3 atom stereocenters. The summed E-state index contributed by atoms with van der Waals surface area (Å²) in [7, 11) is 0. The molecule has 0 bridgehead atoms. The minimum absolute atomic E-state index is 0.258. The average molecular weight is 153 g/mol. The van der Waals surface area contributed by atoms with Gasteiger partial charge >= 0.3 is 0 Å². The van der Waals surface area contributed by atoms with E-state index in [4.69, 9.17) is 0 Å². The molecule has 0 amide bonds. The van der Waals surface area contributed by atoms with Crippen LogP contribution in [0.4, 0.5) is 0 Å². The zero-order valence-electron chi connectivity index (χ0n) is 6.79. The fourth-order valence-electron chi connectivity index (χ4n) is 3.25. The van der Waals surface area contributed by atoms with Gasteiger partial charge in [-0.3, -0.25) is 4.90 Å². The van der Waals surface area contributed by atoms with E-state index < -0.39 is 0 Å². The molecule has 2 aliphatic heterocycles. The maximum absolute atomic E-state index is 9.32. The summed E-state index contributed by atoms with van der Waals surface area (Å²) in [6, 6.07) is 0.879. The highest BCUT2D eigenvalue weighted by Crippen LogP contribution is 2.56. The Kier molecular flexibility index (Phi) is 1.06. The molecule has 1 N–H and O–H groups in total. The minimum atomic E-state index is 0.258. The van der Waals surface area contributed by atoms with E-state index in [2.05, 4.69) is 4.90 Å². The first-order valence-electron chi connectivity index (χ1n) is 4.73. The largest absolute Gasteiger partial charge is 0.394 e. The predicted octanol–water partition coefficient (Wildman–Crippen LogP) is 0.605. The topological polar surface area (TPSA) is 23.5 Å². The summed E-state index contributed by atoms with van der Waals surface area (Å²) >= 11 is 0. The lowest BCUT2D eigenvalue weighted by atomic mass is 9.93. The molecule has 3 aliphatic rings. The second kappa shape index (κ2) is 1.80. The lowest BCUT2D eigenvalue weighted by Gasteiger charge is -2.32. The van der Waals surface area contributed by atoms with Gasteiger partial charge in [-0.2, -0.15) is 0 Å². The molecular formula is C9H15NO. The quantitative estimate of drug-likeness (QED) is 0.596. The van der Waals surface area contributed by atoms with Gasteiger partial charge in [0.1, 0.15) is 0 Å². The molecule has 0 radical (unpaired) electrons. The van der Waals surface area contributed by atoms with Crippen molar-refractivity contribution < 1.29 is 5.11 Å². The van der Waals surface area contributed by atoms with Gasteiger partial charge in [-0.25, -0.2) is 0 Å². The third-order valence-electron chi connectivity index (χ3n) is 3.87. The van der Waals surface area contributed by atoms with Crippen LogP contribution in [0.3, 0.4) is 0 Å². The first kappa shape index (κ1) is 6.44. The Morgan fingerprint density at radius 3 is 3.18 bits per heavy atom. The smallest absolute Gasteiger partial charge is 0.0615 e. The number of rotatable bonds is 1. The minimum Gasteiger partial charge on any atom is -0.394 e. The molecule has 1 unspecified atom stereocenters.